The Morgan fingerprint density at radius 2 is 0.519 bits per heavy atom. The largest absolute Gasteiger partial charge is 0.317 e. The third-order valence-electron chi connectivity index (χ3n) is 15.9. The smallest absolute Gasteiger partial charge is 0.238 e. The van der Waals surface area contributed by atoms with E-state index in [9.17, 15) is 6.57 Å². The predicted molar refractivity (Wildman–Crippen MR) is 324 cm³/mol. The van der Waals surface area contributed by atoms with E-state index in [-0.39, 0.29) is 6.42 Å². The zero-order valence-corrected chi connectivity index (χ0v) is 42.5. The first-order valence-electron chi connectivity index (χ1n) is 26.6. The van der Waals surface area contributed by atoms with Gasteiger partial charge in [-0.1, -0.05) is 206 Å². The maximum atomic E-state index is 10.0. The lowest BCUT2D eigenvalue weighted by Gasteiger charge is -2.29. The highest BCUT2D eigenvalue weighted by atomic mass is 15.1. The number of rotatable bonds is 8. The van der Waals surface area contributed by atoms with Gasteiger partial charge in [0, 0.05) is 66.2 Å². The number of aromatic nitrogens is 7. The fourth-order valence-electron chi connectivity index (χ4n) is 12.7. The van der Waals surface area contributed by atoms with Crippen molar-refractivity contribution in [2.24, 2.45) is 0 Å². The highest BCUT2D eigenvalue weighted by molar-refractivity contribution is 6.16. The molecule has 16 aromatic rings. The molecule has 0 amide bonds. The normalized spacial score (nSPS) is 11.8. The van der Waals surface area contributed by atoms with Crippen molar-refractivity contribution in [2.45, 2.75) is 6.42 Å². The van der Waals surface area contributed by atoms with Crippen molar-refractivity contribution < 1.29 is 0 Å². The minimum absolute atomic E-state index is 0.223. The quantitative estimate of drug-likeness (QED) is 0.143. The van der Waals surface area contributed by atoms with Crippen LogP contribution in [0.2, 0.25) is 0 Å². The number of nitrogens with zero attached hydrogens (tertiary/aromatic N) is 8. The molecule has 8 heteroatoms. The molecule has 0 aliphatic rings. The van der Waals surface area contributed by atoms with Gasteiger partial charge in [-0.3, -0.25) is 0 Å². The molecule has 16 rings (SSSR count). The fourth-order valence-corrected chi connectivity index (χ4v) is 12.7. The topological polar surface area (TPSA) is 62.8 Å². The number of hydrogen-bond acceptors (Lipinski definition) is 3. The Hall–Kier alpha value is -10.9. The van der Waals surface area contributed by atoms with Crippen LogP contribution in [0.4, 0.5) is 5.69 Å². The molecule has 0 spiro atoms. The van der Waals surface area contributed by atoms with E-state index in [1.165, 1.54) is 0 Å². The number of fused-ring (bicyclic) bond motifs is 12. The van der Waals surface area contributed by atoms with Gasteiger partial charge in [0.15, 0.2) is 11.6 Å². The molecule has 0 aliphatic heterocycles. The van der Waals surface area contributed by atoms with Gasteiger partial charge in [-0.15, -0.1) is 0 Å². The Labute approximate surface area is 453 Å². The molecule has 5 heterocycles. The highest BCUT2D eigenvalue weighted by Crippen LogP contribution is 2.52. The molecule has 0 radical (unpaired) electrons. The summed E-state index contributed by atoms with van der Waals surface area (Å²) in [5, 5.41) is 8.76. The van der Waals surface area contributed by atoms with Crippen molar-refractivity contribution in [3.63, 3.8) is 0 Å². The minimum Gasteiger partial charge on any atom is -0.317 e. The van der Waals surface area contributed by atoms with E-state index < -0.39 is 0 Å². The van der Waals surface area contributed by atoms with Crippen LogP contribution in [0.5, 0.6) is 0 Å². The lowest BCUT2D eigenvalue weighted by Crippen LogP contribution is -2.17. The van der Waals surface area contributed by atoms with Crippen LogP contribution < -0.4 is 0 Å². The third kappa shape index (κ3) is 6.63. The molecule has 368 valence electrons. The van der Waals surface area contributed by atoms with Crippen LogP contribution in [0.25, 0.3) is 138 Å². The Bertz CT molecular complexity index is 4660. The molecular formula is C71H44N8. The van der Waals surface area contributed by atoms with Crippen LogP contribution in [0, 0.1) is 6.57 Å². The van der Waals surface area contributed by atoms with Gasteiger partial charge >= 0.3 is 0 Å². The Kier molecular flexibility index (Phi) is 9.90. The molecule has 0 atom stereocenters. The van der Waals surface area contributed by atoms with Gasteiger partial charge in [-0.05, 0) is 48.5 Å². The van der Waals surface area contributed by atoms with Crippen molar-refractivity contribution in [3.8, 4) is 45.5 Å². The summed E-state index contributed by atoms with van der Waals surface area (Å²) in [5.41, 5.74) is 14.3. The van der Waals surface area contributed by atoms with E-state index in [1.54, 1.807) is 0 Å². The minimum atomic E-state index is 0.223. The number of benzene rings is 11. The Morgan fingerprint density at radius 3 is 0.785 bits per heavy atom. The van der Waals surface area contributed by atoms with Crippen molar-refractivity contribution in [2.75, 3.05) is 0 Å². The second-order valence-electron chi connectivity index (χ2n) is 20.1. The van der Waals surface area contributed by atoms with Crippen molar-refractivity contribution in [3.05, 3.63) is 278 Å². The molecule has 0 bridgehead atoms. The van der Waals surface area contributed by atoms with Gasteiger partial charge in [0.2, 0.25) is 5.69 Å². The molecular weight excluding hydrogens is 965 g/mol. The van der Waals surface area contributed by atoms with Crippen LogP contribution in [0.15, 0.2) is 255 Å². The van der Waals surface area contributed by atoms with E-state index in [1.807, 2.05) is 36.4 Å². The van der Waals surface area contributed by atoms with Gasteiger partial charge in [-0.25, -0.2) is 19.8 Å². The average molecular weight is 1010 g/mol. The van der Waals surface area contributed by atoms with E-state index in [0.717, 1.165) is 127 Å². The van der Waals surface area contributed by atoms with E-state index in [2.05, 4.69) is 237 Å². The van der Waals surface area contributed by atoms with Crippen LogP contribution in [-0.2, 0) is 6.42 Å². The number of para-hydroxylation sites is 8. The summed E-state index contributed by atoms with van der Waals surface area (Å²) in [6.07, 6.45) is 0.223. The first-order valence-corrected chi connectivity index (χ1v) is 26.6. The molecule has 0 fully saturated rings. The Morgan fingerprint density at radius 1 is 0.278 bits per heavy atom. The molecule has 79 heavy (non-hydrogen) atoms. The van der Waals surface area contributed by atoms with Crippen LogP contribution in [-0.4, -0.2) is 33.2 Å². The fraction of sp³-hybridized carbons (Fsp3) is 0.0141. The first kappa shape index (κ1) is 44.4. The zero-order chi connectivity index (χ0) is 52.1. The summed E-state index contributed by atoms with van der Waals surface area (Å²) in [6, 6.07) is 89.6. The maximum Gasteiger partial charge on any atom is 0.238 e. The van der Waals surface area contributed by atoms with Crippen molar-refractivity contribution in [1.82, 2.24) is 33.2 Å². The summed E-state index contributed by atoms with van der Waals surface area (Å²) in [5.74, 6) is 1.72. The maximum absolute atomic E-state index is 10.0. The standard InChI is InChI=1S/C71H44N8/c1-72-65-68(78-60-40-20-12-32-51(60)52-33-13-21-41-61(52)78)66(76-56-36-16-8-28-47(56)48-29-9-17-37-57(48)76)55(44-64-73-70(45-24-4-2-5-25-45)75-71(74-64)46-26-6-3-7-27-46)67(77-58-38-18-10-30-49(58)50-31-11-19-39-59(50)77)69(65)79-62-42-22-14-34-53(62)54-35-15-23-43-63(54)79/h2-43H,44H2. The SMILES string of the molecule is [C-]#[N+]c1c(-n2c3ccccc3c3ccccc32)c(-n2c3ccccc3c3ccccc32)c(Cc2nc(-c3ccccc3)nc(-c3ccccc3)n2)c(-n2c3ccccc3c3ccccc32)c1-n1c2ccccc2c2ccccc21. The first-order chi connectivity index (χ1) is 39.2. The van der Waals surface area contributed by atoms with Crippen molar-refractivity contribution in [1.29, 1.82) is 0 Å². The summed E-state index contributed by atoms with van der Waals surface area (Å²) in [6.45, 7) is 10.0. The molecule has 0 unspecified atom stereocenters. The second kappa shape index (κ2) is 17.6. The van der Waals surface area contributed by atoms with Crippen molar-refractivity contribution >= 4 is 92.9 Å². The molecule has 0 aliphatic carbocycles. The van der Waals surface area contributed by atoms with Gasteiger partial charge in [-0.2, -0.15) is 0 Å². The second-order valence-corrected chi connectivity index (χ2v) is 20.1. The number of hydrogen-bond donors (Lipinski definition) is 0. The van der Waals surface area contributed by atoms with Crippen LogP contribution in [0.3, 0.4) is 0 Å². The van der Waals surface area contributed by atoms with E-state index in [0.29, 0.717) is 23.2 Å². The predicted octanol–water partition coefficient (Wildman–Crippen LogP) is 17.7. The monoisotopic (exact) mass is 1010 g/mol. The summed E-state index contributed by atoms with van der Waals surface area (Å²) >= 11 is 0. The zero-order valence-electron chi connectivity index (χ0n) is 42.5. The molecule has 11 aromatic carbocycles. The summed E-state index contributed by atoms with van der Waals surface area (Å²) in [7, 11) is 0. The molecule has 5 aromatic heterocycles. The van der Waals surface area contributed by atoms with Gasteiger partial charge < -0.3 is 18.3 Å². The summed E-state index contributed by atoms with van der Waals surface area (Å²) in [4.78, 5) is 21.3. The summed E-state index contributed by atoms with van der Waals surface area (Å²) < 4.78 is 9.59. The molecule has 0 saturated heterocycles. The van der Waals surface area contributed by atoms with Crippen LogP contribution in [0.1, 0.15) is 11.4 Å². The lowest BCUT2D eigenvalue weighted by atomic mass is 9.98. The highest BCUT2D eigenvalue weighted by Gasteiger charge is 2.35. The van der Waals surface area contributed by atoms with Gasteiger partial charge in [0.1, 0.15) is 5.82 Å². The van der Waals surface area contributed by atoms with E-state index >= 15 is 0 Å². The molecule has 8 nitrogen and oxygen atoms in total. The van der Waals surface area contributed by atoms with E-state index in [4.69, 9.17) is 19.8 Å². The van der Waals surface area contributed by atoms with Gasteiger partial charge in [0.05, 0.1) is 73.5 Å². The Balaban J connectivity index is 1.21. The van der Waals surface area contributed by atoms with Crippen LogP contribution >= 0.6 is 0 Å². The molecule has 0 N–H and O–H groups in total. The van der Waals surface area contributed by atoms with Gasteiger partial charge in [0.25, 0.3) is 0 Å². The third-order valence-corrected chi connectivity index (χ3v) is 15.9. The average Bonchev–Trinajstić information content (AvgIpc) is 4.46. The lowest BCUT2D eigenvalue weighted by molar-refractivity contribution is 0.909. The molecule has 0 saturated carbocycles.